The molecule has 0 saturated heterocycles. The van der Waals surface area contributed by atoms with Crippen LogP contribution in [-0.4, -0.2) is 32.5 Å². The summed E-state index contributed by atoms with van der Waals surface area (Å²) in [4.78, 5) is 11.1. The summed E-state index contributed by atoms with van der Waals surface area (Å²) in [6.45, 7) is 2.29. The van der Waals surface area contributed by atoms with Crippen molar-refractivity contribution in [3.05, 3.63) is 29.8 Å². The molecule has 0 aliphatic heterocycles. The second kappa shape index (κ2) is 7.11. The Bertz CT molecular complexity index is 542. The maximum absolute atomic E-state index is 12.1. The second-order valence-corrected chi connectivity index (χ2v) is 5.84. The Labute approximate surface area is 118 Å². The van der Waals surface area contributed by atoms with E-state index in [2.05, 4.69) is 4.74 Å². The number of carbonyl (C=O) groups is 1. The summed E-state index contributed by atoms with van der Waals surface area (Å²) in [6.07, 6.45) is -0.389. The van der Waals surface area contributed by atoms with Gasteiger partial charge < -0.3 is 10.5 Å². The van der Waals surface area contributed by atoms with E-state index >= 15 is 0 Å². The van der Waals surface area contributed by atoms with E-state index < -0.39 is 16.3 Å². The molecule has 0 fully saturated rings. The topological polar surface area (TPSA) is 102 Å². The minimum absolute atomic E-state index is 0.153. The van der Waals surface area contributed by atoms with E-state index in [0.29, 0.717) is 12.1 Å². The molecular formula is C12H19N3O4S. The van der Waals surface area contributed by atoms with Crippen LogP contribution in [0.2, 0.25) is 0 Å². The van der Waals surface area contributed by atoms with Gasteiger partial charge in [-0.05, 0) is 24.1 Å². The quantitative estimate of drug-likeness (QED) is 0.766. The summed E-state index contributed by atoms with van der Waals surface area (Å²) in [5.41, 5.74) is 6.96. The standard InChI is InChI=1S/C12H19N3O4S/c1-3-8-15(20(17,18)14-12(16)19-2)9-10-4-6-11(13)7-5-10/h4-7H,3,8-9,13H2,1-2H3,(H,14,16). The van der Waals surface area contributed by atoms with E-state index in [1.165, 1.54) is 4.31 Å². The number of methoxy groups -OCH3 is 1. The fraction of sp³-hybridized carbons (Fsp3) is 0.417. The molecule has 0 aliphatic carbocycles. The van der Waals surface area contributed by atoms with E-state index in [9.17, 15) is 13.2 Å². The molecule has 1 aromatic carbocycles. The molecule has 0 spiro atoms. The average Bonchev–Trinajstić information content (AvgIpc) is 2.40. The number of nitrogens with zero attached hydrogens (tertiary/aromatic N) is 1. The highest BCUT2D eigenvalue weighted by Crippen LogP contribution is 2.11. The first-order chi connectivity index (χ1) is 9.39. The maximum Gasteiger partial charge on any atom is 0.421 e. The molecule has 0 saturated carbocycles. The van der Waals surface area contributed by atoms with Gasteiger partial charge in [0, 0.05) is 18.8 Å². The highest BCUT2D eigenvalue weighted by atomic mass is 32.2. The van der Waals surface area contributed by atoms with Gasteiger partial charge in [0.05, 0.1) is 7.11 Å². The lowest BCUT2D eigenvalue weighted by atomic mass is 10.2. The minimum atomic E-state index is -3.93. The van der Waals surface area contributed by atoms with E-state index in [0.717, 1.165) is 12.7 Å². The van der Waals surface area contributed by atoms with Crippen molar-refractivity contribution in [2.45, 2.75) is 19.9 Å². The van der Waals surface area contributed by atoms with Crippen LogP contribution in [0.15, 0.2) is 24.3 Å². The van der Waals surface area contributed by atoms with Crippen LogP contribution in [0.4, 0.5) is 10.5 Å². The predicted molar refractivity (Wildman–Crippen MR) is 76.0 cm³/mol. The first-order valence-corrected chi connectivity index (χ1v) is 7.53. The van der Waals surface area contributed by atoms with Crippen LogP contribution in [0.3, 0.4) is 0 Å². The van der Waals surface area contributed by atoms with Crippen LogP contribution in [0.25, 0.3) is 0 Å². The largest absolute Gasteiger partial charge is 0.452 e. The van der Waals surface area contributed by atoms with Crippen molar-refractivity contribution >= 4 is 22.0 Å². The van der Waals surface area contributed by atoms with Gasteiger partial charge in [0.15, 0.2) is 0 Å². The summed E-state index contributed by atoms with van der Waals surface area (Å²) >= 11 is 0. The van der Waals surface area contributed by atoms with Gasteiger partial charge in [-0.1, -0.05) is 19.1 Å². The van der Waals surface area contributed by atoms with Crippen molar-refractivity contribution in [1.82, 2.24) is 9.03 Å². The number of hydrogen-bond acceptors (Lipinski definition) is 5. The van der Waals surface area contributed by atoms with Crippen molar-refractivity contribution in [1.29, 1.82) is 0 Å². The van der Waals surface area contributed by atoms with Gasteiger partial charge in [-0.2, -0.15) is 12.7 Å². The fourth-order valence-corrected chi connectivity index (χ4v) is 2.74. The molecule has 0 aliphatic rings. The average molecular weight is 301 g/mol. The maximum atomic E-state index is 12.1. The molecule has 1 amide bonds. The Morgan fingerprint density at radius 3 is 2.45 bits per heavy atom. The minimum Gasteiger partial charge on any atom is -0.452 e. The van der Waals surface area contributed by atoms with Gasteiger partial charge in [0.1, 0.15) is 0 Å². The third kappa shape index (κ3) is 4.71. The molecule has 0 bridgehead atoms. The molecule has 0 radical (unpaired) electrons. The van der Waals surface area contributed by atoms with Gasteiger partial charge in [-0.25, -0.2) is 9.52 Å². The van der Waals surface area contributed by atoms with Crippen LogP contribution in [0.1, 0.15) is 18.9 Å². The molecule has 1 rings (SSSR count). The lowest BCUT2D eigenvalue weighted by Gasteiger charge is -2.21. The zero-order valence-electron chi connectivity index (χ0n) is 11.5. The first kappa shape index (κ1) is 16.3. The summed E-state index contributed by atoms with van der Waals surface area (Å²) in [5, 5.41) is 0. The molecule has 0 atom stereocenters. The van der Waals surface area contributed by atoms with Crippen LogP contribution >= 0.6 is 0 Å². The third-order valence-electron chi connectivity index (χ3n) is 2.55. The van der Waals surface area contributed by atoms with Crippen LogP contribution in [-0.2, 0) is 21.5 Å². The zero-order chi connectivity index (χ0) is 15.2. The Morgan fingerprint density at radius 2 is 1.95 bits per heavy atom. The van der Waals surface area contributed by atoms with Gasteiger partial charge in [-0.15, -0.1) is 0 Å². The summed E-state index contributed by atoms with van der Waals surface area (Å²) in [7, 11) is -2.82. The van der Waals surface area contributed by atoms with E-state index in [1.807, 2.05) is 11.6 Å². The molecule has 7 nitrogen and oxygen atoms in total. The predicted octanol–water partition coefficient (Wildman–Crippen LogP) is 1.08. The lowest BCUT2D eigenvalue weighted by molar-refractivity contribution is 0.177. The monoisotopic (exact) mass is 301 g/mol. The van der Waals surface area contributed by atoms with Crippen molar-refractivity contribution in [2.75, 3.05) is 19.4 Å². The van der Waals surface area contributed by atoms with Crippen LogP contribution in [0.5, 0.6) is 0 Å². The van der Waals surface area contributed by atoms with Crippen LogP contribution < -0.4 is 10.5 Å². The van der Waals surface area contributed by atoms with Gasteiger partial charge >= 0.3 is 16.3 Å². The molecular weight excluding hydrogens is 282 g/mol. The smallest absolute Gasteiger partial charge is 0.421 e. The number of nitrogen functional groups attached to an aromatic ring is 1. The number of nitrogens with two attached hydrogens (primary N) is 1. The van der Waals surface area contributed by atoms with Crippen molar-refractivity contribution in [3.8, 4) is 0 Å². The van der Waals surface area contributed by atoms with Crippen LogP contribution in [0, 0.1) is 0 Å². The summed E-state index contributed by atoms with van der Waals surface area (Å²) in [6, 6.07) is 6.87. The van der Waals surface area contributed by atoms with Gasteiger partial charge in [0.25, 0.3) is 0 Å². The summed E-state index contributed by atoms with van der Waals surface area (Å²) in [5.74, 6) is 0. The number of rotatable bonds is 6. The highest BCUT2D eigenvalue weighted by Gasteiger charge is 2.24. The van der Waals surface area contributed by atoms with Gasteiger partial charge in [0.2, 0.25) is 0 Å². The Hall–Kier alpha value is -1.80. The highest BCUT2D eigenvalue weighted by molar-refractivity contribution is 7.87. The van der Waals surface area contributed by atoms with Gasteiger partial charge in [-0.3, -0.25) is 0 Å². The number of carbonyl (C=O) groups excluding carboxylic acids is 1. The molecule has 3 N–H and O–H groups in total. The zero-order valence-corrected chi connectivity index (χ0v) is 12.3. The molecule has 112 valence electrons. The van der Waals surface area contributed by atoms with E-state index in [1.54, 1.807) is 24.3 Å². The normalized spacial score (nSPS) is 11.3. The first-order valence-electron chi connectivity index (χ1n) is 6.09. The molecule has 8 heteroatoms. The molecule has 20 heavy (non-hydrogen) atoms. The number of anilines is 1. The molecule has 0 aromatic heterocycles. The fourth-order valence-electron chi connectivity index (χ4n) is 1.57. The third-order valence-corrected chi connectivity index (χ3v) is 3.97. The number of benzene rings is 1. The molecule has 0 heterocycles. The SMILES string of the molecule is CCCN(Cc1ccc(N)cc1)S(=O)(=O)NC(=O)OC. The van der Waals surface area contributed by atoms with Crippen molar-refractivity contribution < 1.29 is 17.9 Å². The Morgan fingerprint density at radius 1 is 1.35 bits per heavy atom. The van der Waals surface area contributed by atoms with Crippen molar-refractivity contribution in [3.63, 3.8) is 0 Å². The number of nitrogens with one attached hydrogen (secondary N) is 1. The number of hydrogen-bond donors (Lipinski definition) is 2. The lowest BCUT2D eigenvalue weighted by Crippen LogP contribution is -2.43. The second-order valence-electron chi connectivity index (χ2n) is 4.17. The number of amides is 1. The number of ether oxygens (including phenoxy) is 1. The Kier molecular flexibility index (Phi) is 5.78. The van der Waals surface area contributed by atoms with E-state index in [-0.39, 0.29) is 13.1 Å². The summed E-state index contributed by atoms with van der Waals surface area (Å²) < 4.78 is 31.4. The van der Waals surface area contributed by atoms with E-state index in [4.69, 9.17) is 5.73 Å². The van der Waals surface area contributed by atoms with Crippen molar-refractivity contribution in [2.24, 2.45) is 0 Å². The molecule has 0 unspecified atom stereocenters. The molecule has 1 aromatic rings. The Balaban J connectivity index is 2.87.